The van der Waals surface area contributed by atoms with Crippen LogP contribution in [0.4, 0.5) is 0 Å². The van der Waals surface area contributed by atoms with E-state index in [9.17, 15) is 9.59 Å². The van der Waals surface area contributed by atoms with E-state index in [-0.39, 0.29) is 23.3 Å². The summed E-state index contributed by atoms with van der Waals surface area (Å²) in [5, 5.41) is 5.76. The monoisotopic (exact) mass is 484 g/mol. The maximum Gasteiger partial charge on any atom is 0.337 e. The highest BCUT2D eigenvalue weighted by Gasteiger charge is 2.43. The molecule has 2 aromatic carbocycles. The number of allylic oxidation sites excluding steroid dienone is 3. The number of Topliss-reactive ketones (excluding diaryl/α,β-unsaturated/α-hetero) is 1. The summed E-state index contributed by atoms with van der Waals surface area (Å²) >= 11 is 0. The highest BCUT2D eigenvalue weighted by atomic mass is 16.5. The molecule has 1 N–H and O–H groups in total. The van der Waals surface area contributed by atoms with Gasteiger partial charge in [0.1, 0.15) is 0 Å². The maximum absolute atomic E-state index is 13.6. The number of benzene rings is 2. The van der Waals surface area contributed by atoms with Gasteiger partial charge < -0.3 is 14.6 Å². The third-order valence-electron chi connectivity index (χ3n) is 7.79. The summed E-state index contributed by atoms with van der Waals surface area (Å²) in [5.74, 6) is -0.690. The topological polar surface area (TPSA) is 60.3 Å². The largest absolute Gasteiger partial charge is 0.459 e. The quantitative estimate of drug-likeness (QED) is 0.407. The van der Waals surface area contributed by atoms with Crippen LogP contribution in [0.2, 0.25) is 0 Å². The van der Waals surface area contributed by atoms with Gasteiger partial charge in [-0.1, -0.05) is 45.0 Å². The Balaban J connectivity index is 1.73. The molecule has 2 aliphatic rings. The number of nitrogens with one attached hydrogen (secondary N) is 1. The smallest absolute Gasteiger partial charge is 0.337 e. The molecule has 0 saturated heterocycles. The molecule has 1 aliphatic carbocycles. The van der Waals surface area contributed by atoms with E-state index in [0.717, 1.165) is 52.8 Å². The standard InChI is InChI=1S/C31H36N2O3/c1-7-18(3)36-30(35)27-19(4)32-23-16-31(5,6)17-26(34)29(23)28(27)20-13-14-25-22(15-20)21-11-9-10-12-24(21)33(25)8-2/h9-15,18,28,32H,7-8,16-17H2,1-6H3/t18-,28+/m0/s1. The Hall–Kier alpha value is -3.34. The lowest BCUT2D eigenvalue weighted by Crippen LogP contribution is -2.39. The van der Waals surface area contributed by atoms with Crippen molar-refractivity contribution in [3.63, 3.8) is 0 Å². The van der Waals surface area contributed by atoms with E-state index in [1.54, 1.807) is 0 Å². The molecule has 3 aromatic rings. The summed E-state index contributed by atoms with van der Waals surface area (Å²) < 4.78 is 8.14. The second kappa shape index (κ2) is 8.95. The minimum absolute atomic E-state index is 0.108. The number of fused-ring (bicyclic) bond motifs is 3. The number of aromatic nitrogens is 1. The van der Waals surface area contributed by atoms with Crippen molar-refractivity contribution in [3.8, 4) is 0 Å². The van der Waals surface area contributed by atoms with Crippen molar-refractivity contribution in [2.75, 3.05) is 0 Å². The zero-order valence-corrected chi connectivity index (χ0v) is 22.2. The zero-order chi connectivity index (χ0) is 25.8. The second-order valence-corrected chi connectivity index (χ2v) is 11.1. The zero-order valence-electron chi connectivity index (χ0n) is 22.2. The number of dihydropyridines is 1. The van der Waals surface area contributed by atoms with Gasteiger partial charge in [-0.15, -0.1) is 0 Å². The molecule has 5 heteroatoms. The van der Waals surface area contributed by atoms with Gasteiger partial charge in [0.2, 0.25) is 0 Å². The van der Waals surface area contributed by atoms with Crippen molar-refractivity contribution in [2.24, 2.45) is 5.41 Å². The van der Waals surface area contributed by atoms with Crippen molar-refractivity contribution in [3.05, 3.63) is 70.6 Å². The molecular weight excluding hydrogens is 448 g/mol. The van der Waals surface area contributed by atoms with Crippen molar-refractivity contribution >= 4 is 33.6 Å². The van der Waals surface area contributed by atoms with Crippen LogP contribution in [0.3, 0.4) is 0 Å². The van der Waals surface area contributed by atoms with Crippen LogP contribution in [0.15, 0.2) is 65.0 Å². The minimum Gasteiger partial charge on any atom is -0.459 e. The second-order valence-electron chi connectivity index (χ2n) is 11.1. The molecule has 0 saturated carbocycles. The number of ketones is 1. The first-order valence-electron chi connectivity index (χ1n) is 13.1. The van der Waals surface area contributed by atoms with E-state index in [1.165, 1.54) is 10.9 Å². The third-order valence-corrected chi connectivity index (χ3v) is 7.79. The molecule has 0 fully saturated rings. The Morgan fingerprint density at radius 3 is 2.56 bits per heavy atom. The fraction of sp³-hybridized carbons (Fsp3) is 0.419. The number of hydrogen-bond donors (Lipinski definition) is 1. The molecule has 1 aromatic heterocycles. The minimum atomic E-state index is -0.449. The van der Waals surface area contributed by atoms with Crippen molar-refractivity contribution < 1.29 is 14.3 Å². The van der Waals surface area contributed by atoms with Gasteiger partial charge in [0.25, 0.3) is 0 Å². The van der Waals surface area contributed by atoms with Gasteiger partial charge in [0.15, 0.2) is 5.78 Å². The molecule has 1 aliphatic heterocycles. The molecule has 5 nitrogen and oxygen atoms in total. The number of rotatable bonds is 5. The van der Waals surface area contributed by atoms with E-state index < -0.39 is 5.92 Å². The highest BCUT2D eigenvalue weighted by Crippen LogP contribution is 2.47. The number of esters is 1. The van der Waals surface area contributed by atoms with E-state index >= 15 is 0 Å². The fourth-order valence-electron chi connectivity index (χ4n) is 5.96. The lowest BCUT2D eigenvalue weighted by atomic mass is 9.68. The molecule has 0 amide bonds. The van der Waals surface area contributed by atoms with Gasteiger partial charge in [-0.25, -0.2) is 4.79 Å². The van der Waals surface area contributed by atoms with Crippen molar-refractivity contribution in [1.82, 2.24) is 9.88 Å². The van der Waals surface area contributed by atoms with Gasteiger partial charge in [0.05, 0.1) is 11.7 Å². The Kier molecular flexibility index (Phi) is 6.06. The normalized spacial score (nSPS) is 20.5. The van der Waals surface area contributed by atoms with E-state index in [2.05, 4.69) is 73.1 Å². The van der Waals surface area contributed by atoms with E-state index in [4.69, 9.17) is 4.74 Å². The molecule has 0 bridgehead atoms. The van der Waals surface area contributed by atoms with E-state index in [0.29, 0.717) is 12.0 Å². The number of ether oxygens (including phenoxy) is 1. The van der Waals surface area contributed by atoms with Gasteiger partial charge >= 0.3 is 5.97 Å². The molecule has 5 rings (SSSR count). The SMILES string of the molecule is CC[C@H](C)OC(=O)C1=C(C)NC2=C(C(=O)CC(C)(C)C2)[C@@H]1c1ccc2c(c1)c1ccccc1n2CC. The van der Waals surface area contributed by atoms with E-state index in [1.807, 2.05) is 20.8 Å². The molecule has 0 unspecified atom stereocenters. The van der Waals surface area contributed by atoms with Crippen LogP contribution >= 0.6 is 0 Å². The van der Waals surface area contributed by atoms with Gasteiger partial charge in [0, 0.05) is 57.7 Å². The Morgan fingerprint density at radius 1 is 1.11 bits per heavy atom. The average Bonchev–Trinajstić information content (AvgIpc) is 3.15. The van der Waals surface area contributed by atoms with Crippen LogP contribution in [-0.2, 0) is 20.9 Å². The Morgan fingerprint density at radius 2 is 1.83 bits per heavy atom. The van der Waals surface area contributed by atoms with Gasteiger partial charge in [-0.2, -0.15) is 0 Å². The van der Waals surface area contributed by atoms with Crippen LogP contribution in [0.1, 0.15) is 72.3 Å². The summed E-state index contributed by atoms with van der Waals surface area (Å²) in [6.07, 6.45) is 1.78. The van der Waals surface area contributed by atoms with Crippen molar-refractivity contribution in [1.29, 1.82) is 0 Å². The molecule has 2 atom stereocenters. The maximum atomic E-state index is 13.6. The molecule has 2 heterocycles. The first kappa shape index (κ1) is 24.4. The van der Waals surface area contributed by atoms with Gasteiger partial charge in [-0.05, 0) is 62.8 Å². The van der Waals surface area contributed by atoms with Crippen LogP contribution in [0, 0.1) is 5.41 Å². The molecule has 36 heavy (non-hydrogen) atoms. The van der Waals surface area contributed by atoms with Crippen LogP contribution in [-0.4, -0.2) is 22.4 Å². The Bertz CT molecular complexity index is 1450. The number of aryl methyl sites for hydroxylation is 1. The number of para-hydroxylation sites is 1. The molecule has 0 spiro atoms. The summed E-state index contributed by atoms with van der Waals surface area (Å²) in [5.41, 5.74) is 6.15. The summed E-state index contributed by atoms with van der Waals surface area (Å²) in [7, 11) is 0. The van der Waals surface area contributed by atoms with Crippen LogP contribution < -0.4 is 5.32 Å². The van der Waals surface area contributed by atoms with Crippen molar-refractivity contribution in [2.45, 2.75) is 79.4 Å². The number of carbonyl (C=O) groups is 2. The summed E-state index contributed by atoms with van der Waals surface area (Å²) in [6.45, 7) is 13.1. The molecular formula is C31H36N2O3. The fourth-order valence-corrected chi connectivity index (χ4v) is 5.96. The van der Waals surface area contributed by atoms with Gasteiger partial charge in [-0.3, -0.25) is 4.79 Å². The predicted molar refractivity (Wildman–Crippen MR) is 145 cm³/mol. The van der Waals surface area contributed by atoms with Crippen LogP contribution in [0.25, 0.3) is 21.8 Å². The number of carbonyl (C=O) groups excluding carboxylic acids is 2. The first-order chi connectivity index (χ1) is 17.1. The highest BCUT2D eigenvalue weighted by molar-refractivity contribution is 6.09. The van der Waals surface area contributed by atoms with Crippen LogP contribution in [0.5, 0.6) is 0 Å². The predicted octanol–water partition coefficient (Wildman–Crippen LogP) is 6.76. The summed E-state index contributed by atoms with van der Waals surface area (Å²) in [4.78, 5) is 27.2. The number of nitrogens with zero attached hydrogens (tertiary/aromatic N) is 1. The lowest BCUT2D eigenvalue weighted by molar-refractivity contribution is -0.144. The third kappa shape index (κ3) is 3.95. The Labute approximate surface area is 213 Å². The lowest BCUT2D eigenvalue weighted by Gasteiger charge is -2.39. The number of hydrogen-bond acceptors (Lipinski definition) is 4. The average molecular weight is 485 g/mol. The molecule has 188 valence electrons. The molecule has 0 radical (unpaired) electrons. The summed E-state index contributed by atoms with van der Waals surface area (Å²) in [6, 6.07) is 14.8. The first-order valence-corrected chi connectivity index (χ1v) is 13.1.